The van der Waals surface area contributed by atoms with E-state index in [2.05, 4.69) is 23.9 Å². The van der Waals surface area contributed by atoms with Crippen molar-refractivity contribution in [2.45, 2.75) is 26.9 Å². The lowest BCUT2D eigenvalue weighted by atomic mass is 9.93. The summed E-state index contributed by atoms with van der Waals surface area (Å²) >= 11 is 5.54. The zero-order chi connectivity index (χ0) is 15.3. The number of nitrogens with one attached hydrogen (secondary N) is 1. The van der Waals surface area contributed by atoms with E-state index in [-0.39, 0.29) is 17.6 Å². The molecule has 1 atom stereocenters. The Morgan fingerprint density at radius 2 is 2.35 bits per heavy atom. The van der Waals surface area contributed by atoms with Gasteiger partial charge in [-0.3, -0.25) is 9.48 Å². The number of carbonyl (C=O) groups is 1. The van der Waals surface area contributed by atoms with Gasteiger partial charge in [0.2, 0.25) is 0 Å². The van der Waals surface area contributed by atoms with E-state index in [0.717, 1.165) is 17.6 Å². The van der Waals surface area contributed by atoms with Crippen molar-refractivity contribution >= 4 is 23.1 Å². The number of aryl methyl sites for hydroxylation is 1. The molecule has 1 aromatic heterocycles. The Kier molecular flexibility index (Phi) is 5.98. The topological polar surface area (TPSA) is 67.2 Å². The summed E-state index contributed by atoms with van der Waals surface area (Å²) in [7, 11) is 1.77. The van der Waals surface area contributed by atoms with Crippen molar-refractivity contribution in [3.8, 4) is 0 Å². The van der Waals surface area contributed by atoms with Crippen LogP contribution in [0, 0.1) is 5.92 Å². The Morgan fingerprint density at radius 1 is 1.70 bits per heavy atom. The fraction of sp³-hybridized carbons (Fsp3) is 0.429. The number of nitrogens with zero attached hydrogens (tertiary/aromatic N) is 2. The minimum atomic E-state index is -0.443. The number of carbonyl (C=O) groups excluding carboxylic acids is 1. The molecule has 110 valence electrons. The first-order valence-electron chi connectivity index (χ1n) is 6.39. The van der Waals surface area contributed by atoms with E-state index < -0.39 is 5.91 Å². The predicted octanol–water partition coefficient (Wildman–Crippen LogP) is 2.17. The summed E-state index contributed by atoms with van der Waals surface area (Å²) in [5.41, 5.74) is 2.43. The van der Waals surface area contributed by atoms with Gasteiger partial charge in [0.1, 0.15) is 0 Å². The van der Waals surface area contributed by atoms with E-state index in [9.17, 15) is 9.90 Å². The summed E-state index contributed by atoms with van der Waals surface area (Å²) < 4.78 is 1.62. The molecule has 2 N–H and O–H groups in total. The average Bonchev–Trinajstić information content (AvgIpc) is 2.79. The van der Waals surface area contributed by atoms with Crippen molar-refractivity contribution < 1.29 is 9.90 Å². The molecule has 1 heterocycles. The minimum absolute atomic E-state index is 0.0710. The number of amides is 1. The van der Waals surface area contributed by atoms with Gasteiger partial charge in [-0.1, -0.05) is 32.0 Å². The zero-order valence-electron chi connectivity index (χ0n) is 12.0. The second kappa shape index (κ2) is 7.26. The number of hydrogen-bond acceptors (Lipinski definition) is 3. The highest BCUT2D eigenvalue weighted by molar-refractivity contribution is 6.41. The van der Waals surface area contributed by atoms with Gasteiger partial charge in [-0.25, -0.2) is 0 Å². The maximum absolute atomic E-state index is 11.5. The van der Waals surface area contributed by atoms with Crippen molar-refractivity contribution in [3.05, 3.63) is 35.3 Å². The average molecular weight is 298 g/mol. The third kappa shape index (κ3) is 3.71. The monoisotopic (exact) mass is 297 g/mol. The van der Waals surface area contributed by atoms with E-state index >= 15 is 0 Å². The van der Waals surface area contributed by atoms with Gasteiger partial charge in [-0.05, 0) is 17.9 Å². The van der Waals surface area contributed by atoms with Crippen LogP contribution in [0.1, 0.15) is 31.5 Å². The van der Waals surface area contributed by atoms with Crippen LogP contribution in [-0.4, -0.2) is 20.8 Å². The fourth-order valence-corrected chi connectivity index (χ4v) is 1.87. The van der Waals surface area contributed by atoms with Crippen LogP contribution in [0.25, 0.3) is 5.57 Å². The Labute approximate surface area is 123 Å². The number of aliphatic hydroxyl groups excluding tert-OH is 1. The quantitative estimate of drug-likeness (QED) is 0.791. The summed E-state index contributed by atoms with van der Waals surface area (Å²) in [5, 5.41) is 16.1. The molecule has 0 saturated carbocycles. The molecule has 0 aliphatic rings. The molecule has 0 aliphatic heterocycles. The maximum atomic E-state index is 11.5. The van der Waals surface area contributed by atoms with Crippen LogP contribution in [-0.2, 0) is 18.4 Å². The molecule has 0 bridgehead atoms. The molecule has 1 aromatic rings. The van der Waals surface area contributed by atoms with Gasteiger partial charge in [0.25, 0.3) is 5.91 Å². The first kappa shape index (κ1) is 16.5. The molecule has 0 radical (unpaired) electrons. The van der Waals surface area contributed by atoms with Crippen LogP contribution >= 0.6 is 11.6 Å². The first-order chi connectivity index (χ1) is 9.42. The van der Waals surface area contributed by atoms with Crippen LogP contribution in [0.4, 0.5) is 0 Å². The summed E-state index contributed by atoms with van der Waals surface area (Å²) in [6, 6.07) is 0. The molecule has 6 heteroatoms. The molecule has 0 saturated heterocycles. The van der Waals surface area contributed by atoms with Crippen LogP contribution < -0.4 is 5.32 Å². The number of allylic oxidation sites excluding steroid dienone is 1. The number of aromatic nitrogens is 2. The smallest absolute Gasteiger partial charge is 0.266 e. The lowest BCUT2D eigenvalue weighted by molar-refractivity contribution is -0.115. The fourth-order valence-electron chi connectivity index (χ4n) is 1.82. The van der Waals surface area contributed by atoms with Gasteiger partial charge in [0.15, 0.2) is 0 Å². The van der Waals surface area contributed by atoms with Crippen LogP contribution in [0.15, 0.2) is 24.0 Å². The maximum Gasteiger partial charge on any atom is 0.266 e. The molecule has 5 nitrogen and oxygen atoms in total. The van der Waals surface area contributed by atoms with E-state index in [0.29, 0.717) is 5.69 Å². The number of aliphatic hydroxyl groups is 1. The molecule has 0 aliphatic carbocycles. The number of halogens is 1. The number of hydrogen-bond donors (Lipinski definition) is 2. The molecule has 0 aromatic carbocycles. The number of rotatable bonds is 6. The van der Waals surface area contributed by atoms with Crippen molar-refractivity contribution in [3.63, 3.8) is 0 Å². The minimum Gasteiger partial charge on any atom is -0.390 e. The van der Waals surface area contributed by atoms with Crippen molar-refractivity contribution in [2.75, 3.05) is 0 Å². The van der Waals surface area contributed by atoms with E-state index in [4.69, 9.17) is 11.6 Å². The second-order valence-electron chi connectivity index (χ2n) is 4.57. The van der Waals surface area contributed by atoms with Crippen LogP contribution in [0.2, 0.25) is 0 Å². The summed E-state index contributed by atoms with van der Waals surface area (Å²) in [4.78, 5) is 11.5. The molecular formula is C14H20ClN3O2. The summed E-state index contributed by atoms with van der Waals surface area (Å²) in [6.45, 7) is 7.36. The highest BCUT2D eigenvalue weighted by atomic mass is 35.5. The predicted molar refractivity (Wildman–Crippen MR) is 79.7 cm³/mol. The third-order valence-electron chi connectivity index (χ3n) is 3.27. The molecule has 0 fully saturated rings. The third-order valence-corrected chi connectivity index (χ3v) is 3.44. The SMILES string of the molecule is C=C(Cl)C(=O)N/C=C(/c1cnn(C)c1CO)[C@H](C)CC. The zero-order valence-corrected chi connectivity index (χ0v) is 12.7. The van der Waals surface area contributed by atoms with Crippen molar-refractivity contribution in [1.29, 1.82) is 0 Å². The van der Waals surface area contributed by atoms with Crippen LogP contribution in [0.3, 0.4) is 0 Å². The summed E-state index contributed by atoms with van der Waals surface area (Å²) in [5.74, 6) is -0.240. The highest BCUT2D eigenvalue weighted by Crippen LogP contribution is 2.27. The van der Waals surface area contributed by atoms with Gasteiger partial charge < -0.3 is 10.4 Å². The van der Waals surface area contributed by atoms with Gasteiger partial charge in [-0.2, -0.15) is 5.10 Å². The summed E-state index contributed by atoms with van der Waals surface area (Å²) in [6.07, 6.45) is 4.19. The van der Waals surface area contributed by atoms with Crippen LogP contribution in [0.5, 0.6) is 0 Å². The van der Waals surface area contributed by atoms with Gasteiger partial charge in [0, 0.05) is 18.8 Å². The van der Waals surface area contributed by atoms with E-state index in [1.54, 1.807) is 24.1 Å². The molecule has 0 spiro atoms. The Morgan fingerprint density at radius 3 is 2.85 bits per heavy atom. The van der Waals surface area contributed by atoms with Crippen molar-refractivity contribution in [1.82, 2.24) is 15.1 Å². The first-order valence-corrected chi connectivity index (χ1v) is 6.77. The Bertz CT molecular complexity index is 535. The lowest BCUT2D eigenvalue weighted by Crippen LogP contribution is -2.18. The lowest BCUT2D eigenvalue weighted by Gasteiger charge is -2.15. The highest BCUT2D eigenvalue weighted by Gasteiger charge is 2.17. The van der Waals surface area contributed by atoms with E-state index in [1.807, 2.05) is 6.92 Å². The molecule has 1 amide bonds. The van der Waals surface area contributed by atoms with Gasteiger partial charge in [0.05, 0.1) is 23.5 Å². The van der Waals surface area contributed by atoms with Gasteiger partial charge in [-0.15, -0.1) is 0 Å². The molecule has 1 rings (SSSR count). The normalized spacial score (nSPS) is 13.2. The Hall–Kier alpha value is -1.59. The molecule has 20 heavy (non-hydrogen) atoms. The largest absolute Gasteiger partial charge is 0.390 e. The molecule has 0 unspecified atom stereocenters. The Balaban J connectivity index is 3.15. The molecular weight excluding hydrogens is 278 g/mol. The van der Waals surface area contributed by atoms with Gasteiger partial charge >= 0.3 is 0 Å². The van der Waals surface area contributed by atoms with E-state index in [1.165, 1.54) is 0 Å². The standard InChI is InChI=1S/C14H20ClN3O2/c1-5-9(2)11(6-16-14(20)10(3)15)12-7-17-18(4)13(12)8-19/h6-7,9,19H,3,5,8H2,1-2,4H3,(H,16,20)/b11-6+/t9-/m1/s1. The second-order valence-corrected chi connectivity index (χ2v) is 5.03. The van der Waals surface area contributed by atoms with Crippen molar-refractivity contribution in [2.24, 2.45) is 13.0 Å².